The van der Waals surface area contributed by atoms with Crippen LogP contribution in [0.25, 0.3) is 0 Å². The fourth-order valence-electron chi connectivity index (χ4n) is 3.51. The number of benzene rings is 1. The summed E-state index contributed by atoms with van der Waals surface area (Å²) in [5.74, 6) is -2.01. The van der Waals surface area contributed by atoms with Crippen molar-refractivity contribution in [2.45, 2.75) is 25.0 Å². The second-order valence-electron chi connectivity index (χ2n) is 5.72. The molecule has 0 spiro atoms. The van der Waals surface area contributed by atoms with Crippen LogP contribution in [0.3, 0.4) is 0 Å². The molecule has 3 aliphatic rings. The smallest absolute Gasteiger partial charge is 0.231 e. The van der Waals surface area contributed by atoms with Crippen molar-refractivity contribution in [3.63, 3.8) is 0 Å². The number of rotatable bonds is 3. The number of ether oxygens (including phenoxy) is 3. The van der Waals surface area contributed by atoms with Gasteiger partial charge in [-0.15, -0.1) is 0 Å². The number of carbonyl (C=O) groups excluding carboxylic acids is 2. The van der Waals surface area contributed by atoms with Gasteiger partial charge in [-0.25, -0.2) is 0 Å². The number of anilines is 1. The summed E-state index contributed by atoms with van der Waals surface area (Å²) in [6.45, 7) is 0.152. The zero-order valence-corrected chi connectivity index (χ0v) is 11.6. The van der Waals surface area contributed by atoms with Gasteiger partial charge in [-0.2, -0.15) is 0 Å². The highest BCUT2D eigenvalue weighted by molar-refractivity contribution is 5.96. The number of hydrogen-bond acceptors (Lipinski definition) is 6. The average Bonchev–Trinajstić information content (AvgIpc) is 3.20. The van der Waals surface area contributed by atoms with Gasteiger partial charge in [-0.05, 0) is 25.0 Å². The van der Waals surface area contributed by atoms with E-state index in [4.69, 9.17) is 14.2 Å². The zero-order valence-electron chi connectivity index (χ0n) is 11.6. The second kappa shape index (κ2) is 4.88. The van der Waals surface area contributed by atoms with Crippen molar-refractivity contribution in [2.75, 3.05) is 12.1 Å². The third-order valence-corrected chi connectivity index (χ3v) is 4.49. The molecule has 4 rings (SSSR count). The molecule has 0 aliphatic carbocycles. The van der Waals surface area contributed by atoms with Crippen LogP contribution in [-0.4, -0.2) is 30.9 Å². The van der Waals surface area contributed by atoms with E-state index >= 15 is 0 Å². The minimum atomic E-state index is -1.22. The third-order valence-electron chi connectivity index (χ3n) is 4.49. The lowest BCUT2D eigenvalue weighted by molar-refractivity contribution is -0.313. The standard InChI is InChI=1S/C15H15NO6/c17-14(12-9-3-4-10(22-9)13(12)15(18)19)16-7-1-2-8-11(5-7)21-6-20-8/h1-2,5,9-10,12-13H,3-4,6H2,(H,16,17)(H,18,19)/p-1/t9-,10+,12+,13-/m0/s1. The van der Waals surface area contributed by atoms with Gasteiger partial charge in [-0.1, -0.05) is 0 Å². The molecule has 1 aromatic rings. The van der Waals surface area contributed by atoms with Crippen LogP contribution in [-0.2, 0) is 14.3 Å². The maximum atomic E-state index is 12.5. The van der Waals surface area contributed by atoms with E-state index in [1.165, 1.54) is 0 Å². The van der Waals surface area contributed by atoms with Gasteiger partial charge >= 0.3 is 0 Å². The zero-order chi connectivity index (χ0) is 15.3. The molecule has 0 aromatic heterocycles. The first-order valence-electron chi connectivity index (χ1n) is 7.20. The number of fused-ring (bicyclic) bond motifs is 3. The van der Waals surface area contributed by atoms with Crippen LogP contribution in [0, 0.1) is 11.8 Å². The topological polar surface area (TPSA) is 96.9 Å². The summed E-state index contributed by atoms with van der Waals surface area (Å²) in [5, 5.41) is 14.0. The van der Waals surface area contributed by atoms with Crippen molar-refractivity contribution in [3.8, 4) is 11.5 Å². The fraction of sp³-hybridized carbons (Fsp3) is 0.467. The molecule has 0 unspecified atom stereocenters. The molecule has 2 saturated heterocycles. The summed E-state index contributed by atoms with van der Waals surface area (Å²) in [6, 6.07) is 5.04. The quantitative estimate of drug-likeness (QED) is 0.837. The molecule has 116 valence electrons. The summed E-state index contributed by atoms with van der Waals surface area (Å²) < 4.78 is 16.0. The van der Waals surface area contributed by atoms with Crippen LogP contribution < -0.4 is 19.9 Å². The molecule has 7 nitrogen and oxygen atoms in total. The van der Waals surface area contributed by atoms with Gasteiger partial charge in [0.05, 0.1) is 18.1 Å². The Morgan fingerprint density at radius 3 is 2.59 bits per heavy atom. The molecule has 4 atom stereocenters. The number of amides is 1. The number of carbonyl (C=O) groups is 2. The lowest BCUT2D eigenvalue weighted by Gasteiger charge is -2.27. The number of carboxylic acids is 1. The minimum absolute atomic E-state index is 0.152. The van der Waals surface area contributed by atoms with E-state index in [2.05, 4.69) is 5.32 Å². The molecule has 1 N–H and O–H groups in total. The number of hydrogen-bond donors (Lipinski definition) is 1. The minimum Gasteiger partial charge on any atom is -0.550 e. The van der Waals surface area contributed by atoms with E-state index in [0.29, 0.717) is 30.0 Å². The van der Waals surface area contributed by atoms with Crippen molar-refractivity contribution < 1.29 is 28.9 Å². The summed E-state index contributed by atoms with van der Waals surface area (Å²) >= 11 is 0. The Kier molecular flexibility index (Phi) is 2.97. The average molecular weight is 304 g/mol. The molecule has 1 aromatic carbocycles. The highest BCUT2D eigenvalue weighted by Gasteiger charge is 2.52. The molecule has 22 heavy (non-hydrogen) atoms. The second-order valence-corrected chi connectivity index (χ2v) is 5.72. The Morgan fingerprint density at radius 2 is 1.82 bits per heavy atom. The Morgan fingerprint density at radius 1 is 1.09 bits per heavy atom. The van der Waals surface area contributed by atoms with Crippen molar-refractivity contribution in [1.82, 2.24) is 0 Å². The molecule has 7 heteroatoms. The molecule has 3 aliphatic heterocycles. The normalized spacial score (nSPS) is 31.3. The molecule has 2 bridgehead atoms. The summed E-state index contributed by atoms with van der Waals surface area (Å²) in [7, 11) is 0. The van der Waals surface area contributed by atoms with E-state index in [0.717, 1.165) is 0 Å². The van der Waals surface area contributed by atoms with Gasteiger partial charge in [0.25, 0.3) is 0 Å². The van der Waals surface area contributed by atoms with Crippen LogP contribution in [0.15, 0.2) is 18.2 Å². The third kappa shape index (κ3) is 2.00. The number of aliphatic carboxylic acids is 1. The van der Waals surface area contributed by atoms with Gasteiger partial charge in [0.1, 0.15) is 0 Å². The largest absolute Gasteiger partial charge is 0.550 e. The van der Waals surface area contributed by atoms with Gasteiger partial charge in [0.2, 0.25) is 12.7 Å². The van der Waals surface area contributed by atoms with Crippen LogP contribution >= 0.6 is 0 Å². The van der Waals surface area contributed by atoms with Crippen molar-refractivity contribution in [2.24, 2.45) is 11.8 Å². The van der Waals surface area contributed by atoms with Crippen LogP contribution in [0.2, 0.25) is 0 Å². The first-order valence-corrected chi connectivity index (χ1v) is 7.20. The molecular formula is C15H14NO6-. The Hall–Kier alpha value is -2.28. The maximum absolute atomic E-state index is 12.5. The lowest BCUT2D eigenvalue weighted by atomic mass is 9.78. The van der Waals surface area contributed by atoms with Crippen molar-refractivity contribution in [3.05, 3.63) is 18.2 Å². The maximum Gasteiger partial charge on any atom is 0.231 e. The Labute approximate surface area is 126 Å². The van der Waals surface area contributed by atoms with Gasteiger partial charge in [-0.3, -0.25) is 4.79 Å². The SMILES string of the molecule is O=C([O-])[C@@H]1[C@H](C(=O)Nc2ccc3c(c2)OCO3)[C@@H]2CC[C@H]1O2. The Balaban J connectivity index is 1.53. The molecule has 1 amide bonds. The van der Waals surface area contributed by atoms with Gasteiger partial charge in [0, 0.05) is 23.6 Å². The highest BCUT2D eigenvalue weighted by Crippen LogP contribution is 2.44. The van der Waals surface area contributed by atoms with E-state index in [9.17, 15) is 14.7 Å². The molecule has 0 saturated carbocycles. The van der Waals surface area contributed by atoms with Crippen molar-refractivity contribution >= 4 is 17.6 Å². The summed E-state index contributed by atoms with van der Waals surface area (Å²) in [4.78, 5) is 23.8. The van der Waals surface area contributed by atoms with Crippen LogP contribution in [0.4, 0.5) is 5.69 Å². The first-order chi connectivity index (χ1) is 10.6. The molecule has 3 heterocycles. The van der Waals surface area contributed by atoms with E-state index < -0.39 is 23.9 Å². The Bertz CT molecular complexity index is 645. The predicted octanol–water partition coefficient (Wildman–Crippen LogP) is -0.103. The first kappa shape index (κ1) is 13.4. The summed E-state index contributed by atoms with van der Waals surface area (Å²) in [6.07, 6.45) is 0.606. The van der Waals surface area contributed by atoms with E-state index in [1.54, 1.807) is 18.2 Å². The van der Waals surface area contributed by atoms with Crippen LogP contribution in [0.5, 0.6) is 11.5 Å². The summed E-state index contributed by atoms with van der Waals surface area (Å²) in [5.41, 5.74) is 0.536. The number of nitrogens with one attached hydrogen (secondary N) is 1. The van der Waals surface area contributed by atoms with Crippen LogP contribution in [0.1, 0.15) is 12.8 Å². The monoisotopic (exact) mass is 304 g/mol. The molecular weight excluding hydrogens is 290 g/mol. The molecule has 2 fully saturated rings. The number of carboxylic acid groups (broad SMARTS) is 1. The van der Waals surface area contributed by atoms with E-state index in [1.807, 2.05) is 0 Å². The van der Waals surface area contributed by atoms with E-state index in [-0.39, 0.29) is 18.8 Å². The highest BCUT2D eigenvalue weighted by atomic mass is 16.7. The van der Waals surface area contributed by atoms with Gasteiger partial charge in [0.15, 0.2) is 11.5 Å². The van der Waals surface area contributed by atoms with Crippen molar-refractivity contribution in [1.29, 1.82) is 0 Å². The van der Waals surface area contributed by atoms with Gasteiger partial charge < -0.3 is 29.4 Å². The molecule has 0 radical (unpaired) electrons. The lowest BCUT2D eigenvalue weighted by Crippen LogP contribution is -2.46. The fourth-order valence-corrected chi connectivity index (χ4v) is 3.51. The predicted molar refractivity (Wildman–Crippen MR) is 71.1 cm³/mol.